The highest BCUT2D eigenvalue weighted by molar-refractivity contribution is 5.74. The van der Waals surface area contributed by atoms with Crippen LogP contribution in [0.3, 0.4) is 0 Å². The van der Waals surface area contributed by atoms with Crippen molar-refractivity contribution >= 4 is 5.97 Å². The van der Waals surface area contributed by atoms with Crippen molar-refractivity contribution in [2.75, 3.05) is 13.7 Å². The van der Waals surface area contributed by atoms with Gasteiger partial charge >= 0.3 is 5.97 Å². The number of rotatable bonds is 2. The molecule has 0 spiro atoms. The lowest BCUT2D eigenvalue weighted by Crippen LogP contribution is -2.39. The molecule has 1 rings (SSSR count). The summed E-state index contributed by atoms with van der Waals surface area (Å²) in [6.07, 6.45) is 0.630. The molecule has 2 N–H and O–H groups in total. The molecular formula is C6H11NO3. The minimum Gasteiger partial charge on any atom is -0.480 e. The van der Waals surface area contributed by atoms with E-state index in [-0.39, 0.29) is 6.10 Å². The summed E-state index contributed by atoms with van der Waals surface area (Å²) in [5, 5.41) is 11.4. The van der Waals surface area contributed by atoms with Gasteiger partial charge in [-0.2, -0.15) is 0 Å². The number of carboxylic acids is 1. The second-order valence-corrected chi connectivity index (χ2v) is 2.33. The second-order valence-electron chi connectivity index (χ2n) is 2.33. The van der Waals surface area contributed by atoms with E-state index in [9.17, 15) is 4.79 Å². The molecule has 0 aliphatic carbocycles. The van der Waals surface area contributed by atoms with Gasteiger partial charge in [0.1, 0.15) is 6.04 Å². The van der Waals surface area contributed by atoms with Gasteiger partial charge in [0.25, 0.3) is 0 Å². The first-order valence-electron chi connectivity index (χ1n) is 3.24. The van der Waals surface area contributed by atoms with E-state index in [1.807, 2.05) is 0 Å². The average Bonchev–Trinajstić information content (AvgIpc) is 2.33. The largest absolute Gasteiger partial charge is 0.480 e. The molecule has 1 heterocycles. The maximum absolute atomic E-state index is 10.4. The summed E-state index contributed by atoms with van der Waals surface area (Å²) in [6.45, 7) is 0.732. The van der Waals surface area contributed by atoms with Gasteiger partial charge in [0.05, 0.1) is 6.10 Å². The quantitative estimate of drug-likeness (QED) is 0.547. The molecule has 10 heavy (non-hydrogen) atoms. The Labute approximate surface area is 59.2 Å². The second kappa shape index (κ2) is 2.98. The lowest BCUT2D eigenvalue weighted by molar-refractivity contribution is -0.141. The Kier molecular flexibility index (Phi) is 2.24. The monoisotopic (exact) mass is 145 g/mol. The number of hydrogen-bond donors (Lipinski definition) is 2. The van der Waals surface area contributed by atoms with Crippen LogP contribution in [0.1, 0.15) is 6.42 Å². The fraction of sp³-hybridized carbons (Fsp3) is 0.833. The van der Waals surface area contributed by atoms with E-state index in [0.717, 1.165) is 13.0 Å². The molecule has 0 bridgehead atoms. The van der Waals surface area contributed by atoms with Crippen LogP contribution in [0, 0.1) is 0 Å². The van der Waals surface area contributed by atoms with Crippen molar-refractivity contribution in [1.82, 2.24) is 5.32 Å². The third-order valence-corrected chi connectivity index (χ3v) is 1.73. The summed E-state index contributed by atoms with van der Waals surface area (Å²) in [5.74, 6) is -0.829. The van der Waals surface area contributed by atoms with Gasteiger partial charge in [-0.1, -0.05) is 0 Å². The minimum atomic E-state index is -0.829. The number of carbonyl (C=O) groups is 1. The lowest BCUT2D eigenvalue weighted by atomic mass is 10.2. The summed E-state index contributed by atoms with van der Waals surface area (Å²) >= 11 is 0. The van der Waals surface area contributed by atoms with Crippen molar-refractivity contribution in [3.8, 4) is 0 Å². The highest BCUT2D eigenvalue weighted by atomic mass is 16.5. The first-order chi connectivity index (χ1) is 4.75. The van der Waals surface area contributed by atoms with Crippen LogP contribution in [0.25, 0.3) is 0 Å². The molecule has 1 fully saturated rings. The topological polar surface area (TPSA) is 58.6 Å². The zero-order valence-electron chi connectivity index (χ0n) is 5.83. The predicted octanol–water partition coefficient (Wildman–Crippen LogP) is -0.552. The van der Waals surface area contributed by atoms with Crippen LogP contribution in [-0.2, 0) is 9.53 Å². The third kappa shape index (κ3) is 1.27. The van der Waals surface area contributed by atoms with Crippen molar-refractivity contribution in [3.05, 3.63) is 0 Å². The molecule has 4 nitrogen and oxygen atoms in total. The van der Waals surface area contributed by atoms with Crippen molar-refractivity contribution in [1.29, 1.82) is 0 Å². The van der Waals surface area contributed by atoms with E-state index in [0.29, 0.717) is 0 Å². The fourth-order valence-corrected chi connectivity index (χ4v) is 1.18. The van der Waals surface area contributed by atoms with Crippen molar-refractivity contribution in [3.63, 3.8) is 0 Å². The molecule has 1 saturated heterocycles. The van der Waals surface area contributed by atoms with Crippen LogP contribution in [0.2, 0.25) is 0 Å². The van der Waals surface area contributed by atoms with Crippen LogP contribution in [-0.4, -0.2) is 36.9 Å². The van der Waals surface area contributed by atoms with E-state index in [1.54, 1.807) is 0 Å². The Morgan fingerprint density at radius 3 is 2.90 bits per heavy atom. The Morgan fingerprint density at radius 2 is 2.50 bits per heavy atom. The van der Waals surface area contributed by atoms with E-state index < -0.39 is 12.0 Å². The van der Waals surface area contributed by atoms with Gasteiger partial charge in [0.2, 0.25) is 0 Å². The van der Waals surface area contributed by atoms with Crippen molar-refractivity contribution in [2.24, 2.45) is 0 Å². The first kappa shape index (κ1) is 7.50. The van der Waals surface area contributed by atoms with Gasteiger partial charge in [-0.05, 0) is 13.0 Å². The third-order valence-electron chi connectivity index (χ3n) is 1.73. The van der Waals surface area contributed by atoms with E-state index in [4.69, 9.17) is 9.84 Å². The smallest absolute Gasteiger partial charge is 0.323 e. The molecule has 0 aromatic rings. The minimum absolute atomic E-state index is 0.155. The van der Waals surface area contributed by atoms with Gasteiger partial charge < -0.3 is 15.2 Å². The summed E-state index contributed by atoms with van der Waals surface area (Å²) < 4.78 is 4.94. The van der Waals surface area contributed by atoms with E-state index >= 15 is 0 Å². The van der Waals surface area contributed by atoms with Crippen LogP contribution in [0.4, 0.5) is 0 Å². The zero-order valence-corrected chi connectivity index (χ0v) is 5.83. The molecule has 0 aromatic heterocycles. The average molecular weight is 145 g/mol. The standard InChI is InChI=1S/C6H11NO3/c1-10-4-2-3-7-5(4)6(8)9/h4-5,7H,2-3H2,1H3,(H,8,9)/t4-,5-/m1/s1. The molecule has 1 aliphatic heterocycles. The van der Waals surface area contributed by atoms with Gasteiger partial charge in [-0.15, -0.1) is 0 Å². The highest BCUT2D eigenvalue weighted by Gasteiger charge is 2.32. The van der Waals surface area contributed by atoms with Crippen molar-refractivity contribution < 1.29 is 14.6 Å². The highest BCUT2D eigenvalue weighted by Crippen LogP contribution is 2.09. The Balaban J connectivity index is 2.50. The molecule has 58 valence electrons. The van der Waals surface area contributed by atoms with Crippen LogP contribution < -0.4 is 5.32 Å². The molecule has 2 atom stereocenters. The number of nitrogens with one attached hydrogen (secondary N) is 1. The van der Waals surface area contributed by atoms with Gasteiger partial charge in [-0.3, -0.25) is 4.79 Å². The molecule has 0 aromatic carbocycles. The number of ether oxygens (including phenoxy) is 1. The number of carboxylic acid groups (broad SMARTS) is 1. The molecule has 1 aliphatic rings. The SMILES string of the molecule is CO[C@@H]1CCN[C@H]1C(=O)O. The van der Waals surface area contributed by atoms with Gasteiger partial charge in [0.15, 0.2) is 0 Å². The van der Waals surface area contributed by atoms with Crippen molar-refractivity contribution in [2.45, 2.75) is 18.6 Å². The van der Waals surface area contributed by atoms with E-state index in [2.05, 4.69) is 5.32 Å². The molecule has 0 saturated carbocycles. The van der Waals surface area contributed by atoms with Crippen LogP contribution in [0.15, 0.2) is 0 Å². The molecule has 0 unspecified atom stereocenters. The fourth-order valence-electron chi connectivity index (χ4n) is 1.18. The maximum Gasteiger partial charge on any atom is 0.323 e. The van der Waals surface area contributed by atoms with Crippen LogP contribution in [0.5, 0.6) is 0 Å². The summed E-state index contributed by atoms with van der Waals surface area (Å²) in [7, 11) is 1.54. The lowest BCUT2D eigenvalue weighted by Gasteiger charge is -2.12. The molecule has 0 radical (unpaired) electrons. The number of aliphatic carboxylic acids is 1. The summed E-state index contributed by atoms with van der Waals surface area (Å²) in [5.41, 5.74) is 0. The van der Waals surface area contributed by atoms with Crippen LogP contribution >= 0.6 is 0 Å². The normalized spacial score (nSPS) is 32.5. The Bertz CT molecular complexity index is 137. The predicted molar refractivity (Wildman–Crippen MR) is 34.8 cm³/mol. The van der Waals surface area contributed by atoms with E-state index in [1.165, 1.54) is 7.11 Å². The molecular weight excluding hydrogens is 134 g/mol. The summed E-state index contributed by atoms with van der Waals surface area (Å²) in [4.78, 5) is 10.4. The number of hydrogen-bond acceptors (Lipinski definition) is 3. The Morgan fingerprint density at radius 1 is 1.80 bits per heavy atom. The van der Waals surface area contributed by atoms with Gasteiger partial charge in [-0.25, -0.2) is 0 Å². The maximum atomic E-state index is 10.4. The first-order valence-corrected chi connectivity index (χ1v) is 3.24. The number of methoxy groups -OCH3 is 1. The van der Waals surface area contributed by atoms with Gasteiger partial charge in [0, 0.05) is 7.11 Å². The summed E-state index contributed by atoms with van der Waals surface area (Å²) in [6, 6.07) is -0.509. The Hall–Kier alpha value is -0.610. The molecule has 4 heteroatoms. The zero-order chi connectivity index (χ0) is 7.56. The molecule has 0 amide bonds.